The molecule has 124 valence electrons. The van der Waals surface area contributed by atoms with Gasteiger partial charge in [-0.1, -0.05) is 0 Å². The van der Waals surface area contributed by atoms with Crippen LogP contribution in [-0.4, -0.2) is 44.5 Å². The Labute approximate surface area is 128 Å². The number of amides is 2. The van der Waals surface area contributed by atoms with Crippen LogP contribution in [0.15, 0.2) is 6.07 Å². The summed E-state index contributed by atoms with van der Waals surface area (Å²) in [5, 5.41) is 0. The molecule has 2 N–H and O–H groups in total. The van der Waals surface area contributed by atoms with Gasteiger partial charge in [0.25, 0.3) is 0 Å². The number of rotatable bonds is 3. The minimum atomic E-state index is -1.79. The zero-order valence-electron chi connectivity index (χ0n) is 11.7. The number of hydrogen-bond acceptors (Lipinski definition) is 5. The van der Waals surface area contributed by atoms with Gasteiger partial charge >= 0.3 is 12.2 Å². The summed E-state index contributed by atoms with van der Waals surface area (Å²) >= 11 is 0. The molecule has 10 heteroatoms. The molecule has 0 saturated carbocycles. The summed E-state index contributed by atoms with van der Waals surface area (Å²) in [5.74, 6) is -4.87. The van der Waals surface area contributed by atoms with Gasteiger partial charge in [0.2, 0.25) is 0 Å². The van der Waals surface area contributed by atoms with Gasteiger partial charge in [0.05, 0.1) is 24.5 Å². The van der Waals surface area contributed by atoms with Gasteiger partial charge in [0.15, 0.2) is 17.5 Å². The zero-order valence-corrected chi connectivity index (χ0v) is 11.7. The number of benzene rings is 1. The second-order valence-corrected chi connectivity index (χ2v) is 4.97. The van der Waals surface area contributed by atoms with Gasteiger partial charge in [0.1, 0.15) is 12.7 Å². The van der Waals surface area contributed by atoms with Crippen LogP contribution in [0.1, 0.15) is 0 Å². The molecule has 2 heterocycles. The number of cyclic esters (lactones) is 2. The molecule has 0 aliphatic carbocycles. The molecule has 2 fully saturated rings. The quantitative estimate of drug-likeness (QED) is 0.845. The summed E-state index contributed by atoms with van der Waals surface area (Å²) in [7, 11) is 0. The van der Waals surface area contributed by atoms with Crippen molar-refractivity contribution in [2.45, 2.75) is 6.10 Å². The number of halogens is 3. The summed E-state index contributed by atoms with van der Waals surface area (Å²) in [6, 6.07) is 0.875. The van der Waals surface area contributed by atoms with Crippen molar-refractivity contribution < 1.29 is 32.2 Å². The van der Waals surface area contributed by atoms with Crippen molar-refractivity contribution in [3.63, 3.8) is 0 Å². The van der Waals surface area contributed by atoms with E-state index in [0.717, 1.165) is 15.9 Å². The van der Waals surface area contributed by atoms with Gasteiger partial charge in [-0.2, -0.15) is 0 Å². The first-order valence-corrected chi connectivity index (χ1v) is 6.74. The maximum absolute atomic E-state index is 14.1. The van der Waals surface area contributed by atoms with E-state index in [1.165, 1.54) is 0 Å². The van der Waals surface area contributed by atoms with Crippen molar-refractivity contribution >= 4 is 23.6 Å². The van der Waals surface area contributed by atoms with Gasteiger partial charge in [-0.3, -0.25) is 9.80 Å². The molecular weight excluding hydrogens is 319 g/mol. The van der Waals surface area contributed by atoms with E-state index in [2.05, 4.69) is 4.74 Å². The summed E-state index contributed by atoms with van der Waals surface area (Å²) in [5.41, 5.74) is 4.34. The molecule has 0 radical (unpaired) electrons. The van der Waals surface area contributed by atoms with Crippen molar-refractivity contribution in [2.24, 2.45) is 5.73 Å². The summed E-state index contributed by atoms with van der Waals surface area (Å²) in [6.07, 6.45) is -2.50. The molecule has 3 rings (SSSR count). The predicted octanol–water partition coefficient (Wildman–Crippen LogP) is 1.34. The highest BCUT2D eigenvalue weighted by molar-refractivity contribution is 5.94. The highest BCUT2D eigenvalue weighted by Gasteiger charge is 2.37. The van der Waals surface area contributed by atoms with Crippen molar-refractivity contribution in [2.75, 3.05) is 36.0 Å². The van der Waals surface area contributed by atoms with Crippen LogP contribution in [-0.2, 0) is 9.47 Å². The number of ether oxygens (including phenoxy) is 2. The third-order valence-electron chi connectivity index (χ3n) is 3.59. The SMILES string of the molecule is NC[C@@H]1CN(c2cc(N3CCOC3=O)c(F)c(F)c2F)C(=O)O1. The van der Waals surface area contributed by atoms with E-state index >= 15 is 0 Å². The monoisotopic (exact) mass is 331 g/mol. The molecule has 2 saturated heterocycles. The van der Waals surface area contributed by atoms with Crippen molar-refractivity contribution in [1.29, 1.82) is 0 Å². The first kappa shape index (κ1) is 15.4. The van der Waals surface area contributed by atoms with E-state index in [1.807, 2.05) is 0 Å². The normalized spacial score (nSPS) is 21.0. The lowest BCUT2D eigenvalue weighted by atomic mass is 10.2. The fraction of sp³-hybridized carbons (Fsp3) is 0.385. The Morgan fingerprint density at radius 2 is 1.74 bits per heavy atom. The summed E-state index contributed by atoms with van der Waals surface area (Å²) in [6.45, 7) is -0.135. The maximum Gasteiger partial charge on any atom is 0.414 e. The van der Waals surface area contributed by atoms with Gasteiger partial charge in [-0.15, -0.1) is 0 Å². The molecule has 0 spiro atoms. The molecular formula is C13H12F3N3O4. The number of anilines is 2. The van der Waals surface area contributed by atoms with Crippen LogP contribution in [0.25, 0.3) is 0 Å². The number of carbonyl (C=O) groups excluding carboxylic acids is 2. The fourth-order valence-electron chi connectivity index (χ4n) is 2.42. The topological polar surface area (TPSA) is 85.1 Å². The largest absolute Gasteiger partial charge is 0.447 e. The molecule has 1 aromatic carbocycles. The Kier molecular flexibility index (Phi) is 3.76. The van der Waals surface area contributed by atoms with Crippen LogP contribution in [0.5, 0.6) is 0 Å². The number of nitrogens with zero attached hydrogens (tertiary/aromatic N) is 2. The average molecular weight is 331 g/mol. The zero-order chi connectivity index (χ0) is 16.7. The van der Waals surface area contributed by atoms with Gasteiger partial charge in [-0.25, -0.2) is 22.8 Å². The van der Waals surface area contributed by atoms with E-state index < -0.39 is 47.1 Å². The van der Waals surface area contributed by atoms with Crippen LogP contribution in [0, 0.1) is 17.5 Å². The lowest BCUT2D eigenvalue weighted by Crippen LogP contribution is -2.30. The Bertz CT molecular complexity index is 685. The average Bonchev–Trinajstić information content (AvgIpc) is 3.11. The van der Waals surface area contributed by atoms with E-state index in [9.17, 15) is 22.8 Å². The van der Waals surface area contributed by atoms with E-state index in [0.29, 0.717) is 0 Å². The Morgan fingerprint density at radius 3 is 2.26 bits per heavy atom. The van der Waals surface area contributed by atoms with Crippen LogP contribution >= 0.6 is 0 Å². The maximum atomic E-state index is 14.1. The number of nitrogens with two attached hydrogens (primary N) is 1. The number of carbonyl (C=O) groups is 2. The predicted molar refractivity (Wildman–Crippen MR) is 71.7 cm³/mol. The van der Waals surface area contributed by atoms with E-state index in [-0.39, 0.29) is 26.2 Å². The highest BCUT2D eigenvalue weighted by Crippen LogP contribution is 2.34. The van der Waals surface area contributed by atoms with Gasteiger partial charge in [-0.05, 0) is 6.07 Å². The first-order valence-electron chi connectivity index (χ1n) is 6.74. The molecule has 0 unspecified atom stereocenters. The Hall–Kier alpha value is -2.49. The second-order valence-electron chi connectivity index (χ2n) is 4.97. The van der Waals surface area contributed by atoms with Crippen LogP contribution in [0.3, 0.4) is 0 Å². The second kappa shape index (κ2) is 5.61. The number of hydrogen-bond donors (Lipinski definition) is 1. The van der Waals surface area contributed by atoms with Crippen LogP contribution < -0.4 is 15.5 Å². The highest BCUT2D eigenvalue weighted by atomic mass is 19.2. The summed E-state index contributed by atoms with van der Waals surface area (Å²) < 4.78 is 51.4. The smallest absolute Gasteiger partial charge is 0.414 e. The molecule has 0 bridgehead atoms. The van der Waals surface area contributed by atoms with Gasteiger partial charge in [0, 0.05) is 6.54 Å². The van der Waals surface area contributed by atoms with E-state index in [1.54, 1.807) is 0 Å². The van der Waals surface area contributed by atoms with Crippen molar-refractivity contribution in [3.05, 3.63) is 23.5 Å². The Balaban J connectivity index is 2.06. The molecule has 1 aromatic rings. The van der Waals surface area contributed by atoms with Crippen molar-refractivity contribution in [1.82, 2.24) is 0 Å². The first-order chi connectivity index (χ1) is 10.9. The van der Waals surface area contributed by atoms with Crippen LogP contribution in [0.4, 0.5) is 34.1 Å². The lowest BCUT2D eigenvalue weighted by molar-refractivity contribution is 0.145. The lowest BCUT2D eigenvalue weighted by Gasteiger charge is -2.19. The Morgan fingerprint density at radius 1 is 1.09 bits per heavy atom. The van der Waals surface area contributed by atoms with Crippen LogP contribution in [0.2, 0.25) is 0 Å². The van der Waals surface area contributed by atoms with Gasteiger partial charge < -0.3 is 15.2 Å². The third kappa shape index (κ3) is 2.44. The minimum Gasteiger partial charge on any atom is -0.447 e. The standard InChI is InChI=1S/C13H12F3N3O4/c14-9-7(18-1-2-22-12(18)20)3-8(10(15)11(9)16)19-5-6(4-17)23-13(19)21/h3,6H,1-2,4-5,17H2/t6-/m1/s1. The molecule has 7 nitrogen and oxygen atoms in total. The molecule has 1 atom stereocenters. The summed E-state index contributed by atoms with van der Waals surface area (Å²) in [4.78, 5) is 24.9. The molecule has 2 aliphatic rings. The third-order valence-corrected chi connectivity index (χ3v) is 3.59. The molecule has 0 aromatic heterocycles. The molecule has 2 amide bonds. The minimum absolute atomic E-state index is 0.00115. The molecule has 23 heavy (non-hydrogen) atoms. The fourth-order valence-corrected chi connectivity index (χ4v) is 2.42. The van der Waals surface area contributed by atoms with E-state index in [4.69, 9.17) is 10.5 Å². The van der Waals surface area contributed by atoms with Crippen molar-refractivity contribution in [3.8, 4) is 0 Å². The molecule has 2 aliphatic heterocycles.